The Labute approximate surface area is 165 Å². The highest BCUT2D eigenvalue weighted by Crippen LogP contribution is 2.30. The minimum atomic E-state index is -4.36. The molecule has 0 aliphatic carbocycles. The van der Waals surface area contributed by atoms with Crippen molar-refractivity contribution in [1.29, 1.82) is 0 Å². The summed E-state index contributed by atoms with van der Waals surface area (Å²) in [5, 5.41) is 5.39. The van der Waals surface area contributed by atoms with E-state index in [2.05, 4.69) is 27.1 Å². The molecule has 0 spiro atoms. The van der Waals surface area contributed by atoms with Crippen molar-refractivity contribution in [3.63, 3.8) is 0 Å². The number of aliphatic imine (C=N–C) groups is 1. The normalized spacial score (nSPS) is 19.1. The summed E-state index contributed by atoms with van der Waals surface area (Å²) >= 11 is 3.03. The number of thiazole rings is 1. The average Bonchev–Trinajstić information content (AvgIpc) is 3.01. The van der Waals surface area contributed by atoms with Gasteiger partial charge in [-0.25, -0.2) is 4.98 Å². The smallest absolute Gasteiger partial charge is 0.356 e. The summed E-state index contributed by atoms with van der Waals surface area (Å²) in [6.45, 7) is 4.60. The fourth-order valence-electron chi connectivity index (χ4n) is 2.33. The van der Waals surface area contributed by atoms with Gasteiger partial charge in [0.2, 0.25) is 0 Å². The van der Waals surface area contributed by atoms with Crippen molar-refractivity contribution in [2.75, 3.05) is 32.4 Å². The lowest BCUT2D eigenvalue weighted by atomic mass is 10.3. The largest absolute Gasteiger partial charge is 0.434 e. The van der Waals surface area contributed by atoms with E-state index < -0.39 is 11.9 Å². The van der Waals surface area contributed by atoms with Crippen LogP contribution in [0.15, 0.2) is 10.4 Å². The van der Waals surface area contributed by atoms with Gasteiger partial charge in [0.05, 0.1) is 5.01 Å². The molecule has 0 saturated carbocycles. The Balaban J connectivity index is 0.00000288. The molecule has 2 heterocycles. The van der Waals surface area contributed by atoms with Gasteiger partial charge in [-0.2, -0.15) is 24.9 Å². The molecule has 1 aromatic heterocycles. The quantitative estimate of drug-likeness (QED) is 0.394. The van der Waals surface area contributed by atoms with Crippen LogP contribution in [0.25, 0.3) is 0 Å². The minimum absolute atomic E-state index is 0. The van der Waals surface area contributed by atoms with E-state index in [1.54, 1.807) is 7.05 Å². The van der Waals surface area contributed by atoms with Gasteiger partial charge in [-0.1, -0.05) is 6.92 Å². The van der Waals surface area contributed by atoms with Crippen LogP contribution < -0.4 is 5.32 Å². The Hall–Kier alpha value is -0.230. The first-order valence-electron chi connectivity index (χ1n) is 7.52. The highest BCUT2D eigenvalue weighted by Gasteiger charge is 2.33. The van der Waals surface area contributed by atoms with Gasteiger partial charge in [0.1, 0.15) is 0 Å². The fraction of sp³-hybridized carbons (Fsp3) is 0.714. The van der Waals surface area contributed by atoms with Crippen LogP contribution in [0, 0.1) is 0 Å². The number of hydrogen-bond acceptors (Lipinski definition) is 4. The standard InChI is InChI=1S/C14H21F3N4S2.HI/c1-3-10-8-21(6-7-22-10)13(18-2)19-5-4-12-20-11(9-23-12)14(15,16)17;/h9-10H,3-8H2,1-2H3,(H,18,19);1H. The number of halogens is 4. The van der Waals surface area contributed by atoms with Crippen LogP contribution >= 0.6 is 47.1 Å². The number of thioether (sulfide) groups is 1. The van der Waals surface area contributed by atoms with Crippen molar-refractivity contribution in [2.24, 2.45) is 4.99 Å². The first kappa shape index (κ1) is 21.8. The summed E-state index contributed by atoms with van der Waals surface area (Å²) in [7, 11) is 1.73. The lowest BCUT2D eigenvalue weighted by Crippen LogP contribution is -2.48. The zero-order chi connectivity index (χ0) is 16.9. The van der Waals surface area contributed by atoms with E-state index in [-0.39, 0.29) is 24.0 Å². The maximum absolute atomic E-state index is 12.5. The number of rotatable bonds is 4. The molecule has 10 heteroatoms. The molecule has 1 aliphatic rings. The second-order valence-electron chi connectivity index (χ2n) is 5.20. The second-order valence-corrected chi connectivity index (χ2v) is 7.55. The number of aromatic nitrogens is 1. The molecular weight excluding hydrogens is 472 g/mol. The molecule has 1 aliphatic heterocycles. The summed E-state index contributed by atoms with van der Waals surface area (Å²) in [6.07, 6.45) is -2.78. The zero-order valence-electron chi connectivity index (χ0n) is 13.6. The summed E-state index contributed by atoms with van der Waals surface area (Å²) in [6, 6.07) is 0. The Morgan fingerprint density at radius 2 is 2.25 bits per heavy atom. The fourth-order valence-corrected chi connectivity index (χ4v) is 4.31. The first-order chi connectivity index (χ1) is 10.9. The molecule has 1 aromatic rings. The number of alkyl halides is 3. The van der Waals surface area contributed by atoms with Crippen LogP contribution in [0.4, 0.5) is 13.2 Å². The highest BCUT2D eigenvalue weighted by atomic mass is 127. The van der Waals surface area contributed by atoms with Crippen molar-refractivity contribution >= 4 is 53.0 Å². The van der Waals surface area contributed by atoms with Gasteiger partial charge in [-0.3, -0.25) is 4.99 Å². The SMILES string of the molecule is CCC1CN(C(=NC)NCCc2nc(C(F)(F)F)cs2)CCS1.I. The third-order valence-electron chi connectivity index (χ3n) is 3.57. The minimum Gasteiger partial charge on any atom is -0.356 e. The summed E-state index contributed by atoms with van der Waals surface area (Å²) in [4.78, 5) is 10.1. The summed E-state index contributed by atoms with van der Waals surface area (Å²) in [5.74, 6) is 1.89. The average molecular weight is 494 g/mol. The Morgan fingerprint density at radius 1 is 1.50 bits per heavy atom. The highest BCUT2D eigenvalue weighted by molar-refractivity contribution is 14.0. The van der Waals surface area contributed by atoms with E-state index >= 15 is 0 Å². The molecule has 1 fully saturated rings. The topological polar surface area (TPSA) is 40.5 Å². The van der Waals surface area contributed by atoms with Crippen molar-refractivity contribution in [3.8, 4) is 0 Å². The molecule has 24 heavy (non-hydrogen) atoms. The van der Waals surface area contributed by atoms with Crippen molar-refractivity contribution in [2.45, 2.75) is 31.2 Å². The molecule has 2 rings (SSSR count). The molecular formula is C14H22F3IN4S2. The number of nitrogens with zero attached hydrogens (tertiary/aromatic N) is 3. The van der Waals surface area contributed by atoms with Crippen LogP contribution in [-0.2, 0) is 12.6 Å². The molecule has 0 aromatic carbocycles. The molecule has 1 N–H and O–H groups in total. The Morgan fingerprint density at radius 3 is 2.83 bits per heavy atom. The molecule has 1 atom stereocenters. The molecule has 0 radical (unpaired) electrons. The maximum Gasteiger partial charge on any atom is 0.434 e. The first-order valence-corrected chi connectivity index (χ1v) is 9.45. The molecule has 138 valence electrons. The lowest BCUT2D eigenvalue weighted by molar-refractivity contribution is -0.140. The Kier molecular flexibility index (Phi) is 9.13. The number of guanidine groups is 1. The van der Waals surface area contributed by atoms with Crippen LogP contribution in [0.1, 0.15) is 24.0 Å². The van der Waals surface area contributed by atoms with Gasteiger partial charge < -0.3 is 10.2 Å². The number of nitrogens with one attached hydrogen (secondary N) is 1. The predicted octanol–water partition coefficient (Wildman–Crippen LogP) is 3.73. The maximum atomic E-state index is 12.5. The van der Waals surface area contributed by atoms with Gasteiger partial charge in [-0.05, 0) is 6.42 Å². The van der Waals surface area contributed by atoms with Crippen LogP contribution in [0.2, 0.25) is 0 Å². The molecule has 4 nitrogen and oxygen atoms in total. The predicted molar refractivity (Wildman–Crippen MR) is 106 cm³/mol. The van der Waals surface area contributed by atoms with Gasteiger partial charge in [0.25, 0.3) is 0 Å². The lowest BCUT2D eigenvalue weighted by Gasteiger charge is -2.34. The van der Waals surface area contributed by atoms with Crippen molar-refractivity contribution in [1.82, 2.24) is 15.2 Å². The van der Waals surface area contributed by atoms with E-state index in [0.717, 1.165) is 47.9 Å². The summed E-state index contributed by atoms with van der Waals surface area (Å²) < 4.78 is 37.6. The molecule has 0 bridgehead atoms. The van der Waals surface area contributed by atoms with E-state index in [9.17, 15) is 13.2 Å². The molecule has 1 unspecified atom stereocenters. The second kappa shape index (κ2) is 10.0. The van der Waals surface area contributed by atoms with Gasteiger partial charge in [0.15, 0.2) is 11.7 Å². The van der Waals surface area contributed by atoms with E-state index in [1.165, 1.54) is 0 Å². The third kappa shape index (κ3) is 6.25. The molecule has 0 amide bonds. The Bertz CT molecular complexity index is 536. The summed E-state index contributed by atoms with van der Waals surface area (Å²) in [5.41, 5.74) is -0.805. The van der Waals surface area contributed by atoms with Crippen LogP contribution in [0.3, 0.4) is 0 Å². The zero-order valence-corrected chi connectivity index (χ0v) is 17.6. The van der Waals surface area contributed by atoms with Crippen LogP contribution in [-0.4, -0.2) is 53.5 Å². The monoisotopic (exact) mass is 494 g/mol. The van der Waals surface area contributed by atoms with Gasteiger partial charge >= 0.3 is 6.18 Å². The third-order valence-corrected chi connectivity index (χ3v) is 5.85. The van der Waals surface area contributed by atoms with Crippen molar-refractivity contribution in [3.05, 3.63) is 16.1 Å². The van der Waals surface area contributed by atoms with Gasteiger partial charge in [0, 0.05) is 49.5 Å². The number of hydrogen-bond donors (Lipinski definition) is 1. The van der Waals surface area contributed by atoms with E-state index in [4.69, 9.17) is 0 Å². The van der Waals surface area contributed by atoms with Crippen molar-refractivity contribution < 1.29 is 13.2 Å². The molecule has 1 saturated heterocycles. The van der Waals surface area contributed by atoms with Gasteiger partial charge in [-0.15, -0.1) is 35.3 Å². The van der Waals surface area contributed by atoms with E-state index in [1.807, 2.05) is 11.8 Å². The van der Waals surface area contributed by atoms with E-state index in [0.29, 0.717) is 23.2 Å². The van der Waals surface area contributed by atoms with Crippen LogP contribution in [0.5, 0.6) is 0 Å².